The van der Waals surface area contributed by atoms with Gasteiger partial charge in [-0.15, -0.1) is 11.3 Å². The summed E-state index contributed by atoms with van der Waals surface area (Å²) in [4.78, 5) is 16.9. The Morgan fingerprint density at radius 3 is 2.77 bits per heavy atom. The van der Waals surface area contributed by atoms with Crippen molar-refractivity contribution in [3.63, 3.8) is 0 Å². The first-order valence-electron chi connectivity index (χ1n) is 7.74. The van der Waals surface area contributed by atoms with Gasteiger partial charge in [0.15, 0.2) is 16.5 Å². The highest BCUT2D eigenvalue weighted by Crippen LogP contribution is 2.26. The van der Waals surface area contributed by atoms with Crippen molar-refractivity contribution >= 4 is 33.3 Å². The van der Waals surface area contributed by atoms with Crippen LogP contribution in [0.4, 0.5) is 5.13 Å². The van der Waals surface area contributed by atoms with E-state index in [0.29, 0.717) is 10.5 Å². The molecular weight excluding hydrogens is 350 g/mol. The van der Waals surface area contributed by atoms with E-state index in [1.54, 1.807) is 12.1 Å². The van der Waals surface area contributed by atoms with E-state index in [-0.39, 0.29) is 22.5 Å². The second-order valence-electron chi connectivity index (χ2n) is 5.54. The van der Waals surface area contributed by atoms with E-state index in [2.05, 4.69) is 10.3 Å². The van der Waals surface area contributed by atoms with Crippen LogP contribution in [-0.4, -0.2) is 16.0 Å². The number of anilines is 1. The van der Waals surface area contributed by atoms with Crippen molar-refractivity contribution in [2.45, 2.75) is 0 Å². The van der Waals surface area contributed by atoms with Crippen LogP contribution in [-0.2, 0) is 0 Å². The molecule has 4 rings (SSSR count). The summed E-state index contributed by atoms with van der Waals surface area (Å²) in [6.45, 7) is 0. The molecular formula is C19H13N3O3S. The Hall–Kier alpha value is -3.45. The first-order chi connectivity index (χ1) is 12.6. The van der Waals surface area contributed by atoms with Crippen molar-refractivity contribution in [3.8, 4) is 17.0 Å². The number of nitrogens with one attached hydrogen (secondary N) is 2. The van der Waals surface area contributed by atoms with E-state index < -0.39 is 5.91 Å². The van der Waals surface area contributed by atoms with Crippen LogP contribution in [0.15, 0.2) is 64.4 Å². The fraction of sp³-hybridized carbons (Fsp3) is 0. The Bertz CT molecular complexity index is 1170. The summed E-state index contributed by atoms with van der Waals surface area (Å²) in [5.41, 5.74) is 1.65. The number of phenols is 1. The minimum absolute atomic E-state index is 0.0690. The number of benzene rings is 2. The van der Waals surface area contributed by atoms with E-state index >= 15 is 0 Å². The van der Waals surface area contributed by atoms with E-state index in [0.717, 1.165) is 11.3 Å². The van der Waals surface area contributed by atoms with Gasteiger partial charge in [0.2, 0.25) is 5.55 Å². The molecule has 0 saturated heterocycles. The first-order valence-corrected chi connectivity index (χ1v) is 8.62. The van der Waals surface area contributed by atoms with Crippen molar-refractivity contribution in [1.29, 1.82) is 5.41 Å². The Balaban J connectivity index is 1.63. The monoisotopic (exact) mass is 363 g/mol. The molecule has 0 bridgehead atoms. The van der Waals surface area contributed by atoms with Crippen molar-refractivity contribution in [2.24, 2.45) is 0 Å². The molecule has 0 fully saturated rings. The van der Waals surface area contributed by atoms with Gasteiger partial charge in [-0.25, -0.2) is 4.98 Å². The number of fused-ring (bicyclic) bond motifs is 1. The van der Waals surface area contributed by atoms with Crippen LogP contribution >= 0.6 is 11.3 Å². The van der Waals surface area contributed by atoms with Crippen molar-refractivity contribution in [2.75, 3.05) is 5.32 Å². The predicted molar refractivity (Wildman–Crippen MR) is 99.2 cm³/mol. The lowest BCUT2D eigenvalue weighted by Gasteiger charge is -2.04. The second-order valence-corrected chi connectivity index (χ2v) is 6.40. The standard InChI is InChI=1S/C19H13N3O3S/c20-17-13(9-12-7-4-8-15(23)16(12)25-17)18(24)22-19-21-14(10-26-19)11-5-2-1-3-6-11/h1-10,20,23H,(H,21,22,24). The Morgan fingerprint density at radius 1 is 1.15 bits per heavy atom. The van der Waals surface area contributed by atoms with Crippen LogP contribution in [0, 0.1) is 5.41 Å². The maximum Gasteiger partial charge on any atom is 0.262 e. The maximum atomic E-state index is 12.5. The summed E-state index contributed by atoms with van der Waals surface area (Å²) >= 11 is 1.30. The Kier molecular flexibility index (Phi) is 3.98. The smallest absolute Gasteiger partial charge is 0.262 e. The number of phenolic OH excluding ortho intramolecular Hbond substituents is 1. The number of carbonyl (C=O) groups excluding carboxylic acids is 1. The largest absolute Gasteiger partial charge is 0.504 e. The van der Waals surface area contributed by atoms with Gasteiger partial charge in [-0.05, 0) is 12.1 Å². The minimum atomic E-state index is -0.488. The number of para-hydroxylation sites is 1. The predicted octanol–water partition coefficient (Wildman–Crippen LogP) is 3.99. The van der Waals surface area contributed by atoms with Gasteiger partial charge in [-0.2, -0.15) is 0 Å². The molecule has 2 aromatic carbocycles. The quantitative estimate of drug-likeness (QED) is 0.512. The van der Waals surface area contributed by atoms with Gasteiger partial charge in [0.25, 0.3) is 5.91 Å². The molecule has 0 atom stereocenters. The Labute approximate surface area is 151 Å². The highest BCUT2D eigenvalue weighted by Gasteiger charge is 2.15. The number of thiazole rings is 1. The van der Waals surface area contributed by atoms with Crippen LogP contribution in [0.3, 0.4) is 0 Å². The zero-order valence-electron chi connectivity index (χ0n) is 13.4. The molecule has 0 saturated carbocycles. The van der Waals surface area contributed by atoms with Crippen molar-refractivity contribution < 1.29 is 14.3 Å². The van der Waals surface area contributed by atoms with Gasteiger partial charge >= 0.3 is 0 Å². The molecule has 6 nitrogen and oxygen atoms in total. The number of amides is 1. The molecule has 26 heavy (non-hydrogen) atoms. The minimum Gasteiger partial charge on any atom is -0.504 e. The summed E-state index contributed by atoms with van der Waals surface area (Å²) in [5.74, 6) is -0.562. The third-order valence-electron chi connectivity index (χ3n) is 3.81. The number of hydrogen-bond acceptors (Lipinski definition) is 6. The topological polar surface area (TPSA) is 99.2 Å². The fourth-order valence-corrected chi connectivity index (χ4v) is 3.27. The highest BCUT2D eigenvalue weighted by molar-refractivity contribution is 7.14. The molecule has 0 aliphatic rings. The third kappa shape index (κ3) is 2.96. The third-order valence-corrected chi connectivity index (χ3v) is 4.57. The molecule has 0 aliphatic carbocycles. The molecule has 0 spiro atoms. The van der Waals surface area contributed by atoms with E-state index in [9.17, 15) is 9.90 Å². The van der Waals surface area contributed by atoms with Crippen LogP contribution < -0.4 is 10.9 Å². The maximum absolute atomic E-state index is 12.5. The first kappa shape index (κ1) is 16.0. The number of rotatable bonds is 3. The molecule has 0 aliphatic heterocycles. The van der Waals surface area contributed by atoms with Gasteiger partial charge < -0.3 is 9.52 Å². The normalized spacial score (nSPS) is 10.8. The van der Waals surface area contributed by atoms with Crippen LogP contribution in [0.5, 0.6) is 5.75 Å². The van der Waals surface area contributed by atoms with Crippen molar-refractivity contribution in [3.05, 3.63) is 71.1 Å². The van der Waals surface area contributed by atoms with E-state index in [4.69, 9.17) is 9.83 Å². The summed E-state index contributed by atoms with van der Waals surface area (Å²) in [6.07, 6.45) is 0. The van der Waals surface area contributed by atoms with Crippen LogP contribution in [0.1, 0.15) is 10.4 Å². The van der Waals surface area contributed by atoms with E-state index in [1.165, 1.54) is 23.5 Å². The molecule has 4 aromatic rings. The molecule has 2 heterocycles. The number of aromatic hydroxyl groups is 1. The average molecular weight is 363 g/mol. The van der Waals surface area contributed by atoms with Gasteiger partial charge in [-0.1, -0.05) is 42.5 Å². The fourth-order valence-electron chi connectivity index (χ4n) is 2.55. The average Bonchev–Trinajstić information content (AvgIpc) is 3.11. The SMILES string of the molecule is N=c1oc2c(O)cccc2cc1C(=O)Nc1nc(-c2ccccc2)cs1. The zero-order valence-corrected chi connectivity index (χ0v) is 14.2. The lowest BCUT2D eigenvalue weighted by Crippen LogP contribution is -2.20. The number of hydrogen-bond donors (Lipinski definition) is 3. The van der Waals surface area contributed by atoms with E-state index in [1.807, 2.05) is 35.7 Å². The van der Waals surface area contributed by atoms with Crippen LogP contribution in [0.2, 0.25) is 0 Å². The summed E-state index contributed by atoms with van der Waals surface area (Å²) < 4.78 is 5.30. The molecule has 128 valence electrons. The molecule has 0 radical (unpaired) electrons. The molecule has 3 N–H and O–H groups in total. The summed E-state index contributed by atoms with van der Waals surface area (Å²) in [5, 5.41) is 23.2. The van der Waals surface area contributed by atoms with Crippen molar-refractivity contribution in [1.82, 2.24) is 4.98 Å². The number of carbonyl (C=O) groups is 1. The highest BCUT2D eigenvalue weighted by atomic mass is 32.1. The Morgan fingerprint density at radius 2 is 1.96 bits per heavy atom. The molecule has 0 unspecified atom stereocenters. The molecule has 7 heteroatoms. The van der Waals surface area contributed by atoms with Gasteiger partial charge in [0, 0.05) is 16.3 Å². The van der Waals surface area contributed by atoms with Gasteiger partial charge in [0.1, 0.15) is 5.56 Å². The van der Waals surface area contributed by atoms with Gasteiger partial charge in [0.05, 0.1) is 5.69 Å². The van der Waals surface area contributed by atoms with Gasteiger partial charge in [-0.3, -0.25) is 15.5 Å². The molecule has 1 amide bonds. The number of nitrogens with zero attached hydrogens (tertiary/aromatic N) is 1. The second kappa shape index (κ2) is 6.45. The number of aromatic nitrogens is 1. The lowest BCUT2D eigenvalue weighted by molar-refractivity contribution is 0.102. The zero-order chi connectivity index (χ0) is 18.1. The summed E-state index contributed by atoms with van der Waals surface area (Å²) in [7, 11) is 0. The van der Waals surface area contributed by atoms with Crippen LogP contribution in [0.25, 0.3) is 22.2 Å². The lowest BCUT2D eigenvalue weighted by atomic mass is 10.1. The molecule has 2 aromatic heterocycles. The summed E-state index contributed by atoms with van der Waals surface area (Å²) in [6, 6.07) is 16.0.